The van der Waals surface area contributed by atoms with Crippen molar-refractivity contribution < 1.29 is 13.2 Å². The van der Waals surface area contributed by atoms with Crippen LogP contribution in [0, 0.1) is 0 Å². The average molecular weight is 344 g/mol. The normalized spacial score (nSPS) is 14.3. The monoisotopic (exact) mass is 344 g/mol. The fraction of sp³-hybridized carbons (Fsp3) is 0.278. The van der Waals surface area contributed by atoms with Crippen molar-refractivity contribution >= 4 is 15.9 Å². The van der Waals surface area contributed by atoms with Gasteiger partial charge in [0.15, 0.2) is 0 Å². The lowest BCUT2D eigenvalue weighted by atomic mass is 10.2. The van der Waals surface area contributed by atoms with Crippen LogP contribution in [0.1, 0.15) is 28.8 Å². The smallest absolute Gasteiger partial charge is 0.251 e. The zero-order valence-corrected chi connectivity index (χ0v) is 14.1. The van der Waals surface area contributed by atoms with Crippen molar-refractivity contribution in [2.45, 2.75) is 30.2 Å². The molecule has 1 aliphatic rings. The number of benzene rings is 2. The highest BCUT2D eigenvalue weighted by atomic mass is 32.2. The molecular formula is C18H20N2O3S. The van der Waals surface area contributed by atoms with Crippen LogP contribution in [0.4, 0.5) is 0 Å². The van der Waals surface area contributed by atoms with Crippen molar-refractivity contribution in [1.29, 1.82) is 0 Å². The summed E-state index contributed by atoms with van der Waals surface area (Å²) in [7, 11) is -3.57. The highest BCUT2D eigenvalue weighted by molar-refractivity contribution is 7.89. The Bertz CT molecular complexity index is 798. The number of amides is 1. The van der Waals surface area contributed by atoms with E-state index in [1.165, 1.54) is 12.1 Å². The van der Waals surface area contributed by atoms with E-state index in [-0.39, 0.29) is 16.8 Å². The number of rotatable bonds is 7. The third-order valence-corrected chi connectivity index (χ3v) is 5.36. The molecule has 1 amide bonds. The molecule has 2 aromatic carbocycles. The van der Waals surface area contributed by atoms with Crippen LogP contribution < -0.4 is 10.0 Å². The highest BCUT2D eigenvalue weighted by Gasteiger charge is 2.24. The number of hydrogen-bond acceptors (Lipinski definition) is 3. The predicted molar refractivity (Wildman–Crippen MR) is 92.3 cm³/mol. The standard InChI is InChI=1S/C18H20N2O3S/c21-18(20-16-8-9-16)15-6-10-17(11-7-15)24(22,23)19-13-12-14-4-2-1-3-5-14/h1-7,10-11,16,19H,8-9,12-13H2,(H,20,21). The Morgan fingerprint density at radius 2 is 1.67 bits per heavy atom. The summed E-state index contributed by atoms with van der Waals surface area (Å²) in [5.41, 5.74) is 1.55. The third kappa shape index (κ3) is 4.43. The molecular weight excluding hydrogens is 324 g/mol. The molecule has 2 aromatic rings. The first-order valence-electron chi connectivity index (χ1n) is 7.99. The van der Waals surface area contributed by atoms with Crippen LogP contribution in [0.2, 0.25) is 0 Å². The van der Waals surface area contributed by atoms with E-state index >= 15 is 0 Å². The first kappa shape index (κ1) is 16.7. The number of hydrogen-bond donors (Lipinski definition) is 2. The van der Waals surface area contributed by atoms with Gasteiger partial charge in [-0.15, -0.1) is 0 Å². The van der Waals surface area contributed by atoms with Crippen LogP contribution in [0.15, 0.2) is 59.5 Å². The van der Waals surface area contributed by atoms with Gasteiger partial charge >= 0.3 is 0 Å². The van der Waals surface area contributed by atoms with Gasteiger partial charge in [-0.05, 0) is 49.1 Å². The minimum Gasteiger partial charge on any atom is -0.349 e. The van der Waals surface area contributed by atoms with Gasteiger partial charge in [0.1, 0.15) is 0 Å². The van der Waals surface area contributed by atoms with Crippen molar-refractivity contribution in [2.75, 3.05) is 6.54 Å². The molecule has 1 aliphatic carbocycles. The van der Waals surface area contributed by atoms with E-state index in [1.54, 1.807) is 12.1 Å². The molecule has 0 aliphatic heterocycles. The largest absolute Gasteiger partial charge is 0.349 e. The molecule has 1 saturated carbocycles. The lowest BCUT2D eigenvalue weighted by Crippen LogP contribution is -2.27. The minimum absolute atomic E-state index is 0.154. The van der Waals surface area contributed by atoms with E-state index < -0.39 is 10.0 Å². The van der Waals surface area contributed by atoms with Gasteiger partial charge in [-0.3, -0.25) is 4.79 Å². The topological polar surface area (TPSA) is 75.3 Å². The van der Waals surface area contributed by atoms with Crippen LogP contribution in [0.3, 0.4) is 0 Å². The second kappa shape index (κ2) is 7.15. The van der Waals surface area contributed by atoms with E-state index in [2.05, 4.69) is 10.0 Å². The molecule has 6 heteroatoms. The third-order valence-electron chi connectivity index (χ3n) is 3.89. The van der Waals surface area contributed by atoms with Crippen LogP contribution in [-0.4, -0.2) is 26.9 Å². The molecule has 0 bridgehead atoms. The van der Waals surface area contributed by atoms with Gasteiger partial charge in [-0.25, -0.2) is 13.1 Å². The number of nitrogens with one attached hydrogen (secondary N) is 2. The van der Waals surface area contributed by atoms with E-state index in [4.69, 9.17) is 0 Å². The second-order valence-corrected chi connectivity index (χ2v) is 7.67. The lowest BCUT2D eigenvalue weighted by molar-refractivity contribution is 0.0951. The number of carbonyl (C=O) groups is 1. The quantitative estimate of drug-likeness (QED) is 0.808. The summed E-state index contributed by atoms with van der Waals surface area (Å²) in [6, 6.07) is 16.0. The maximum absolute atomic E-state index is 12.3. The molecule has 5 nitrogen and oxygen atoms in total. The molecule has 3 rings (SSSR count). The summed E-state index contributed by atoms with van der Waals surface area (Å²) in [5.74, 6) is -0.154. The molecule has 0 saturated heterocycles. The van der Waals surface area contributed by atoms with Gasteiger partial charge in [-0.1, -0.05) is 30.3 Å². The Kier molecular flexibility index (Phi) is 4.97. The van der Waals surface area contributed by atoms with Crippen molar-refractivity contribution in [3.8, 4) is 0 Å². The molecule has 0 aromatic heterocycles. The van der Waals surface area contributed by atoms with Crippen molar-refractivity contribution in [3.63, 3.8) is 0 Å². The van der Waals surface area contributed by atoms with Gasteiger partial charge in [-0.2, -0.15) is 0 Å². The van der Waals surface area contributed by atoms with E-state index in [9.17, 15) is 13.2 Å². The van der Waals surface area contributed by atoms with E-state index in [0.717, 1.165) is 18.4 Å². The van der Waals surface area contributed by atoms with Gasteiger partial charge in [0.25, 0.3) is 5.91 Å². The first-order valence-corrected chi connectivity index (χ1v) is 9.47. The molecule has 2 N–H and O–H groups in total. The summed E-state index contributed by atoms with van der Waals surface area (Å²) < 4.78 is 27.1. The van der Waals surface area contributed by atoms with Crippen LogP contribution in [0.25, 0.3) is 0 Å². The Hall–Kier alpha value is -2.18. The fourth-order valence-corrected chi connectivity index (χ4v) is 3.37. The zero-order valence-electron chi connectivity index (χ0n) is 13.2. The van der Waals surface area contributed by atoms with Crippen LogP contribution >= 0.6 is 0 Å². The van der Waals surface area contributed by atoms with Crippen LogP contribution in [-0.2, 0) is 16.4 Å². The Labute approximate surface area is 142 Å². The summed E-state index contributed by atoms with van der Waals surface area (Å²) in [6.45, 7) is 0.330. The van der Waals surface area contributed by atoms with Crippen molar-refractivity contribution in [2.24, 2.45) is 0 Å². The zero-order chi connectivity index (χ0) is 17.0. The van der Waals surface area contributed by atoms with E-state index in [0.29, 0.717) is 18.5 Å². The first-order chi connectivity index (χ1) is 11.5. The summed E-state index contributed by atoms with van der Waals surface area (Å²) in [5, 5.41) is 2.88. The number of carbonyl (C=O) groups excluding carboxylic acids is 1. The number of sulfonamides is 1. The predicted octanol–water partition coefficient (Wildman–Crippen LogP) is 2.10. The molecule has 0 spiro atoms. The summed E-state index contributed by atoms with van der Waals surface area (Å²) >= 11 is 0. The molecule has 0 unspecified atom stereocenters. The van der Waals surface area contributed by atoms with Crippen molar-refractivity contribution in [3.05, 3.63) is 65.7 Å². The maximum atomic E-state index is 12.3. The Balaban J connectivity index is 1.58. The average Bonchev–Trinajstić information content (AvgIpc) is 3.40. The van der Waals surface area contributed by atoms with Gasteiger partial charge in [0, 0.05) is 18.2 Å². The van der Waals surface area contributed by atoms with Crippen LogP contribution in [0.5, 0.6) is 0 Å². The van der Waals surface area contributed by atoms with Crippen molar-refractivity contribution in [1.82, 2.24) is 10.0 Å². The fourth-order valence-electron chi connectivity index (χ4n) is 2.34. The summed E-state index contributed by atoms with van der Waals surface area (Å²) in [6.07, 6.45) is 2.66. The van der Waals surface area contributed by atoms with E-state index in [1.807, 2.05) is 30.3 Å². The molecule has 24 heavy (non-hydrogen) atoms. The van der Waals surface area contributed by atoms with Gasteiger partial charge < -0.3 is 5.32 Å². The van der Waals surface area contributed by atoms with Gasteiger partial charge in [0.2, 0.25) is 10.0 Å². The highest BCUT2D eigenvalue weighted by Crippen LogP contribution is 2.19. The SMILES string of the molecule is O=C(NC1CC1)c1ccc(S(=O)(=O)NCCc2ccccc2)cc1. The molecule has 0 heterocycles. The molecule has 126 valence electrons. The minimum atomic E-state index is -3.57. The molecule has 1 fully saturated rings. The summed E-state index contributed by atoms with van der Waals surface area (Å²) in [4.78, 5) is 12.1. The van der Waals surface area contributed by atoms with Gasteiger partial charge in [0.05, 0.1) is 4.90 Å². The Morgan fingerprint density at radius 3 is 2.29 bits per heavy atom. The maximum Gasteiger partial charge on any atom is 0.251 e. The Morgan fingerprint density at radius 1 is 1.00 bits per heavy atom. The molecule has 0 radical (unpaired) electrons. The molecule has 0 atom stereocenters. The second-order valence-electron chi connectivity index (χ2n) is 5.91. The lowest BCUT2D eigenvalue weighted by Gasteiger charge is -2.08.